The number of nitrogens with zero attached hydrogens (tertiary/aromatic N) is 1. The molecule has 0 aliphatic heterocycles. The molecule has 0 saturated heterocycles. The van der Waals surface area contributed by atoms with Gasteiger partial charge in [-0.2, -0.15) is 0 Å². The Kier molecular flexibility index (Phi) is 1.37. The Morgan fingerprint density at radius 1 is 1.40 bits per heavy atom. The first-order chi connectivity index (χ1) is 4.88. The number of hydrogen-bond donors (Lipinski definition) is 0. The molecule has 0 atom stereocenters. The molecule has 2 rings (SSSR count). The zero-order valence-corrected chi connectivity index (χ0v) is 7.20. The van der Waals surface area contributed by atoms with E-state index in [4.69, 9.17) is 4.52 Å². The summed E-state index contributed by atoms with van der Waals surface area (Å²) in [6, 6.07) is 5.89. The van der Waals surface area contributed by atoms with Gasteiger partial charge in [0, 0.05) is 3.57 Å². The third kappa shape index (κ3) is 0.811. The lowest BCUT2D eigenvalue weighted by atomic mass is 10.3. The maximum absolute atomic E-state index is 4.94. The highest BCUT2D eigenvalue weighted by Gasteiger charge is 1.99. The molecule has 0 aliphatic carbocycles. The Labute approximate surface area is 71.3 Å². The van der Waals surface area contributed by atoms with E-state index in [0.29, 0.717) is 0 Å². The van der Waals surface area contributed by atoms with Crippen molar-refractivity contribution in [1.29, 1.82) is 0 Å². The van der Waals surface area contributed by atoms with Crippen LogP contribution in [-0.2, 0) is 0 Å². The summed E-state index contributed by atoms with van der Waals surface area (Å²) in [4.78, 5) is 0. The monoisotopic (exact) mass is 245 g/mol. The SMILES string of the molecule is Ic1cccc2oncc12. The van der Waals surface area contributed by atoms with Crippen molar-refractivity contribution in [2.24, 2.45) is 0 Å². The van der Waals surface area contributed by atoms with E-state index in [1.165, 1.54) is 3.57 Å². The second-order valence-electron chi connectivity index (χ2n) is 1.98. The average molecular weight is 245 g/mol. The van der Waals surface area contributed by atoms with Crippen LogP contribution in [0.25, 0.3) is 11.0 Å². The van der Waals surface area contributed by atoms with Crippen LogP contribution >= 0.6 is 22.6 Å². The molecule has 0 bridgehead atoms. The van der Waals surface area contributed by atoms with Crippen LogP contribution in [0.2, 0.25) is 0 Å². The molecule has 1 heterocycles. The molecule has 1 aromatic heterocycles. The number of hydrogen-bond acceptors (Lipinski definition) is 2. The normalized spacial score (nSPS) is 10.5. The molecule has 10 heavy (non-hydrogen) atoms. The van der Waals surface area contributed by atoms with Gasteiger partial charge in [-0.25, -0.2) is 0 Å². The summed E-state index contributed by atoms with van der Waals surface area (Å²) in [5, 5.41) is 4.77. The Morgan fingerprint density at radius 3 is 3.10 bits per heavy atom. The lowest BCUT2D eigenvalue weighted by molar-refractivity contribution is 0.456. The molecule has 2 nitrogen and oxygen atoms in total. The van der Waals surface area contributed by atoms with Crippen LogP contribution in [0.15, 0.2) is 28.9 Å². The first-order valence-corrected chi connectivity index (χ1v) is 3.95. The first kappa shape index (κ1) is 6.15. The van der Waals surface area contributed by atoms with E-state index in [-0.39, 0.29) is 0 Å². The van der Waals surface area contributed by atoms with Crippen molar-refractivity contribution in [2.75, 3.05) is 0 Å². The van der Waals surface area contributed by atoms with Crippen LogP contribution in [0.4, 0.5) is 0 Å². The van der Waals surface area contributed by atoms with E-state index >= 15 is 0 Å². The predicted molar refractivity (Wildman–Crippen MR) is 46.7 cm³/mol. The highest BCUT2D eigenvalue weighted by atomic mass is 127. The molecule has 0 radical (unpaired) electrons. The van der Waals surface area contributed by atoms with Gasteiger partial charge in [0.1, 0.15) is 0 Å². The van der Waals surface area contributed by atoms with Crippen LogP contribution < -0.4 is 0 Å². The third-order valence-electron chi connectivity index (χ3n) is 1.35. The maximum Gasteiger partial charge on any atom is 0.167 e. The van der Waals surface area contributed by atoms with Crippen molar-refractivity contribution in [2.45, 2.75) is 0 Å². The van der Waals surface area contributed by atoms with Gasteiger partial charge in [-0.3, -0.25) is 0 Å². The third-order valence-corrected chi connectivity index (χ3v) is 2.29. The summed E-state index contributed by atoms with van der Waals surface area (Å²) >= 11 is 2.25. The Balaban J connectivity index is 2.95. The standard InChI is InChI=1S/C7H4INO/c8-6-2-1-3-7-5(6)4-9-10-7/h1-4H. The summed E-state index contributed by atoms with van der Waals surface area (Å²) in [5.41, 5.74) is 0.854. The average Bonchev–Trinajstić information content (AvgIpc) is 2.36. The second-order valence-corrected chi connectivity index (χ2v) is 3.14. The molecule has 2 aromatic rings. The lowest BCUT2D eigenvalue weighted by Gasteiger charge is -1.87. The van der Waals surface area contributed by atoms with Crippen LogP contribution in [0.5, 0.6) is 0 Å². The molecule has 0 unspecified atom stereocenters. The molecule has 0 spiro atoms. The van der Waals surface area contributed by atoms with Gasteiger partial charge in [0.15, 0.2) is 5.58 Å². The minimum atomic E-state index is 0.854. The van der Waals surface area contributed by atoms with E-state index in [1.54, 1.807) is 6.20 Å². The van der Waals surface area contributed by atoms with Gasteiger partial charge in [0.25, 0.3) is 0 Å². The highest BCUT2D eigenvalue weighted by Crippen LogP contribution is 2.18. The van der Waals surface area contributed by atoms with Crippen molar-refractivity contribution >= 4 is 33.6 Å². The summed E-state index contributed by atoms with van der Waals surface area (Å²) < 4.78 is 6.12. The van der Waals surface area contributed by atoms with E-state index < -0.39 is 0 Å². The lowest BCUT2D eigenvalue weighted by Crippen LogP contribution is -1.68. The quantitative estimate of drug-likeness (QED) is 0.666. The van der Waals surface area contributed by atoms with E-state index in [2.05, 4.69) is 27.7 Å². The fourth-order valence-corrected chi connectivity index (χ4v) is 1.47. The minimum Gasteiger partial charge on any atom is -0.356 e. The molecule has 0 aliphatic rings. The smallest absolute Gasteiger partial charge is 0.167 e. The van der Waals surface area contributed by atoms with Gasteiger partial charge < -0.3 is 4.52 Å². The number of fused-ring (bicyclic) bond motifs is 1. The van der Waals surface area contributed by atoms with Crippen LogP contribution in [-0.4, -0.2) is 5.16 Å². The summed E-state index contributed by atoms with van der Waals surface area (Å²) in [6.07, 6.45) is 1.73. The van der Waals surface area contributed by atoms with E-state index in [9.17, 15) is 0 Å². The summed E-state index contributed by atoms with van der Waals surface area (Å²) in [7, 11) is 0. The van der Waals surface area contributed by atoms with Gasteiger partial charge in [-0.05, 0) is 34.7 Å². The minimum absolute atomic E-state index is 0.854. The highest BCUT2D eigenvalue weighted by molar-refractivity contribution is 14.1. The predicted octanol–water partition coefficient (Wildman–Crippen LogP) is 2.43. The Hall–Kier alpha value is -0.580. The molecular formula is C7H4INO. The molecule has 0 fully saturated rings. The van der Waals surface area contributed by atoms with Gasteiger partial charge in [-0.15, -0.1) is 0 Å². The topological polar surface area (TPSA) is 26.0 Å². The number of rotatable bonds is 0. The molecular weight excluding hydrogens is 241 g/mol. The van der Waals surface area contributed by atoms with Crippen LogP contribution in [0, 0.1) is 3.57 Å². The van der Waals surface area contributed by atoms with E-state index in [1.807, 2.05) is 18.2 Å². The van der Waals surface area contributed by atoms with Crippen molar-refractivity contribution < 1.29 is 4.52 Å². The Morgan fingerprint density at radius 2 is 2.30 bits per heavy atom. The Bertz CT molecular complexity index is 355. The second kappa shape index (κ2) is 2.23. The van der Waals surface area contributed by atoms with Crippen LogP contribution in [0.3, 0.4) is 0 Å². The van der Waals surface area contributed by atoms with Crippen molar-refractivity contribution in [3.05, 3.63) is 28.0 Å². The molecule has 0 amide bonds. The molecule has 3 heteroatoms. The molecule has 50 valence electrons. The summed E-state index contributed by atoms with van der Waals surface area (Å²) in [6.45, 7) is 0. The fraction of sp³-hybridized carbons (Fsp3) is 0. The van der Waals surface area contributed by atoms with E-state index in [0.717, 1.165) is 11.0 Å². The van der Waals surface area contributed by atoms with Crippen molar-refractivity contribution in [3.63, 3.8) is 0 Å². The zero-order chi connectivity index (χ0) is 6.97. The number of benzene rings is 1. The van der Waals surface area contributed by atoms with Gasteiger partial charge in [0.05, 0.1) is 11.6 Å². The van der Waals surface area contributed by atoms with Crippen molar-refractivity contribution in [1.82, 2.24) is 5.16 Å². The van der Waals surface area contributed by atoms with Gasteiger partial charge in [0.2, 0.25) is 0 Å². The van der Waals surface area contributed by atoms with Crippen LogP contribution in [0.1, 0.15) is 0 Å². The van der Waals surface area contributed by atoms with Crippen molar-refractivity contribution in [3.8, 4) is 0 Å². The zero-order valence-electron chi connectivity index (χ0n) is 5.04. The molecule has 0 saturated carbocycles. The number of aromatic nitrogens is 1. The van der Waals surface area contributed by atoms with Gasteiger partial charge in [-0.1, -0.05) is 11.2 Å². The maximum atomic E-state index is 4.94. The molecule has 0 N–H and O–H groups in total. The first-order valence-electron chi connectivity index (χ1n) is 2.87. The fourth-order valence-electron chi connectivity index (χ4n) is 0.858. The molecule has 1 aromatic carbocycles. The van der Waals surface area contributed by atoms with Gasteiger partial charge >= 0.3 is 0 Å². The number of halogens is 1. The summed E-state index contributed by atoms with van der Waals surface area (Å²) in [5.74, 6) is 0. The largest absolute Gasteiger partial charge is 0.356 e.